The summed E-state index contributed by atoms with van der Waals surface area (Å²) < 4.78 is 0. The van der Waals surface area contributed by atoms with E-state index in [0.29, 0.717) is 0 Å². The Balaban J connectivity index is 1.86. The van der Waals surface area contributed by atoms with Gasteiger partial charge in [-0.05, 0) is 50.2 Å². The van der Waals surface area contributed by atoms with Crippen LogP contribution in [-0.4, -0.2) is 23.1 Å². The van der Waals surface area contributed by atoms with Gasteiger partial charge < -0.3 is 10.2 Å². The molecule has 0 saturated heterocycles. The van der Waals surface area contributed by atoms with Crippen molar-refractivity contribution in [3.63, 3.8) is 0 Å². The number of rotatable bonds is 5. The standard InChI is InChI=1S/C18H20N4/c1-3-22(4-2)15-11-9-14(10-12-15)21-18-16-7-5-6-8-17(16)19-13-20-18/h5-13H,3-4H2,1-2H3,(H,19,20,21). The fraction of sp³-hybridized carbons (Fsp3) is 0.222. The molecule has 0 atom stereocenters. The van der Waals surface area contributed by atoms with Crippen LogP contribution in [0.2, 0.25) is 0 Å². The Morgan fingerprint density at radius 3 is 2.36 bits per heavy atom. The first kappa shape index (κ1) is 14.3. The molecule has 112 valence electrons. The average Bonchev–Trinajstić information content (AvgIpc) is 2.58. The van der Waals surface area contributed by atoms with Crippen LogP contribution in [0.4, 0.5) is 17.2 Å². The summed E-state index contributed by atoms with van der Waals surface area (Å²) >= 11 is 0. The van der Waals surface area contributed by atoms with Gasteiger partial charge in [0, 0.05) is 29.9 Å². The van der Waals surface area contributed by atoms with Crippen molar-refractivity contribution in [3.8, 4) is 0 Å². The molecule has 1 aromatic heterocycles. The topological polar surface area (TPSA) is 41.0 Å². The van der Waals surface area contributed by atoms with Crippen molar-refractivity contribution in [2.75, 3.05) is 23.3 Å². The van der Waals surface area contributed by atoms with E-state index in [1.165, 1.54) is 5.69 Å². The van der Waals surface area contributed by atoms with Gasteiger partial charge in [0.2, 0.25) is 0 Å². The van der Waals surface area contributed by atoms with Crippen LogP contribution in [0.1, 0.15) is 13.8 Å². The molecule has 0 spiro atoms. The zero-order valence-electron chi connectivity index (χ0n) is 13.0. The summed E-state index contributed by atoms with van der Waals surface area (Å²) in [6, 6.07) is 16.5. The molecule has 1 N–H and O–H groups in total. The Morgan fingerprint density at radius 2 is 1.64 bits per heavy atom. The van der Waals surface area contributed by atoms with Crippen LogP contribution in [0.5, 0.6) is 0 Å². The smallest absolute Gasteiger partial charge is 0.141 e. The molecule has 22 heavy (non-hydrogen) atoms. The summed E-state index contributed by atoms with van der Waals surface area (Å²) in [5, 5.41) is 4.41. The minimum Gasteiger partial charge on any atom is -0.372 e. The third-order valence-corrected chi connectivity index (χ3v) is 3.80. The van der Waals surface area contributed by atoms with Gasteiger partial charge in [0.25, 0.3) is 0 Å². The molecule has 0 unspecified atom stereocenters. The van der Waals surface area contributed by atoms with Crippen molar-refractivity contribution in [1.82, 2.24) is 9.97 Å². The first-order valence-electron chi connectivity index (χ1n) is 7.63. The van der Waals surface area contributed by atoms with Crippen LogP contribution in [-0.2, 0) is 0 Å². The van der Waals surface area contributed by atoms with Crippen LogP contribution >= 0.6 is 0 Å². The molecule has 0 fully saturated rings. The van der Waals surface area contributed by atoms with Crippen LogP contribution < -0.4 is 10.2 Å². The van der Waals surface area contributed by atoms with E-state index in [0.717, 1.165) is 35.5 Å². The fourth-order valence-corrected chi connectivity index (χ4v) is 2.59. The lowest BCUT2D eigenvalue weighted by molar-refractivity contribution is 0.866. The van der Waals surface area contributed by atoms with Gasteiger partial charge in [0.15, 0.2) is 0 Å². The van der Waals surface area contributed by atoms with Crippen LogP contribution in [0, 0.1) is 0 Å². The van der Waals surface area contributed by atoms with Gasteiger partial charge in [-0.3, -0.25) is 0 Å². The molecule has 3 rings (SSSR count). The molecule has 0 saturated carbocycles. The molecule has 1 heterocycles. The Kier molecular flexibility index (Phi) is 4.19. The highest BCUT2D eigenvalue weighted by molar-refractivity contribution is 5.90. The number of hydrogen-bond donors (Lipinski definition) is 1. The Morgan fingerprint density at radius 1 is 0.909 bits per heavy atom. The highest BCUT2D eigenvalue weighted by Gasteiger charge is 2.05. The zero-order chi connectivity index (χ0) is 15.4. The normalized spacial score (nSPS) is 10.6. The highest BCUT2D eigenvalue weighted by atomic mass is 15.1. The average molecular weight is 292 g/mol. The number of benzene rings is 2. The Hall–Kier alpha value is -2.62. The lowest BCUT2D eigenvalue weighted by Crippen LogP contribution is -2.21. The summed E-state index contributed by atoms with van der Waals surface area (Å²) in [6.45, 7) is 6.37. The maximum absolute atomic E-state index is 4.36. The number of aromatic nitrogens is 2. The number of fused-ring (bicyclic) bond motifs is 1. The van der Waals surface area contributed by atoms with Crippen molar-refractivity contribution < 1.29 is 0 Å². The highest BCUT2D eigenvalue weighted by Crippen LogP contribution is 2.24. The van der Waals surface area contributed by atoms with Gasteiger partial charge in [-0.1, -0.05) is 12.1 Å². The molecule has 0 aliphatic carbocycles. The molecule has 4 heteroatoms. The lowest BCUT2D eigenvalue weighted by Gasteiger charge is -2.21. The summed E-state index contributed by atoms with van der Waals surface area (Å²) in [5.74, 6) is 0.834. The van der Waals surface area contributed by atoms with E-state index >= 15 is 0 Å². The predicted octanol–water partition coefficient (Wildman–Crippen LogP) is 4.22. The zero-order valence-corrected chi connectivity index (χ0v) is 13.0. The summed E-state index contributed by atoms with van der Waals surface area (Å²) in [5.41, 5.74) is 3.21. The van der Waals surface area contributed by atoms with Crippen molar-refractivity contribution >= 4 is 28.1 Å². The Labute approximate surface area is 130 Å². The van der Waals surface area contributed by atoms with Crippen molar-refractivity contribution in [3.05, 3.63) is 54.9 Å². The summed E-state index contributed by atoms with van der Waals surface area (Å²) in [7, 11) is 0. The van der Waals surface area contributed by atoms with Gasteiger partial charge in [0.05, 0.1) is 5.52 Å². The molecule has 4 nitrogen and oxygen atoms in total. The van der Waals surface area contributed by atoms with Gasteiger partial charge >= 0.3 is 0 Å². The van der Waals surface area contributed by atoms with E-state index in [1.54, 1.807) is 6.33 Å². The van der Waals surface area contributed by atoms with Crippen LogP contribution in [0.3, 0.4) is 0 Å². The maximum Gasteiger partial charge on any atom is 0.141 e. The number of nitrogens with one attached hydrogen (secondary N) is 1. The summed E-state index contributed by atoms with van der Waals surface area (Å²) in [6.07, 6.45) is 1.59. The van der Waals surface area contributed by atoms with E-state index in [2.05, 4.69) is 58.3 Å². The lowest BCUT2D eigenvalue weighted by atomic mass is 10.2. The van der Waals surface area contributed by atoms with Gasteiger partial charge in [-0.15, -0.1) is 0 Å². The monoisotopic (exact) mass is 292 g/mol. The minimum atomic E-state index is 0.834. The van der Waals surface area contributed by atoms with Crippen molar-refractivity contribution in [2.24, 2.45) is 0 Å². The van der Waals surface area contributed by atoms with E-state index in [9.17, 15) is 0 Å². The van der Waals surface area contributed by atoms with Gasteiger partial charge in [-0.2, -0.15) is 0 Å². The molecule has 2 aromatic carbocycles. The SMILES string of the molecule is CCN(CC)c1ccc(Nc2ncnc3ccccc23)cc1. The summed E-state index contributed by atoms with van der Waals surface area (Å²) in [4.78, 5) is 11.0. The molecular weight excluding hydrogens is 272 g/mol. The van der Waals surface area contributed by atoms with E-state index in [-0.39, 0.29) is 0 Å². The molecule has 0 amide bonds. The largest absolute Gasteiger partial charge is 0.372 e. The quantitative estimate of drug-likeness (QED) is 0.764. The third kappa shape index (κ3) is 2.86. The number of anilines is 3. The number of hydrogen-bond acceptors (Lipinski definition) is 4. The van der Waals surface area contributed by atoms with Crippen LogP contribution in [0.25, 0.3) is 10.9 Å². The minimum absolute atomic E-state index is 0.834. The maximum atomic E-state index is 4.36. The van der Waals surface area contributed by atoms with Crippen LogP contribution in [0.15, 0.2) is 54.9 Å². The van der Waals surface area contributed by atoms with E-state index in [1.807, 2.05) is 24.3 Å². The van der Waals surface area contributed by atoms with E-state index in [4.69, 9.17) is 0 Å². The second-order valence-corrected chi connectivity index (χ2v) is 5.08. The second-order valence-electron chi connectivity index (χ2n) is 5.08. The predicted molar refractivity (Wildman–Crippen MR) is 92.8 cm³/mol. The van der Waals surface area contributed by atoms with Gasteiger partial charge in [0.1, 0.15) is 12.1 Å². The fourth-order valence-electron chi connectivity index (χ4n) is 2.59. The van der Waals surface area contributed by atoms with Crippen molar-refractivity contribution in [1.29, 1.82) is 0 Å². The molecule has 0 bridgehead atoms. The molecule has 0 radical (unpaired) electrons. The number of nitrogens with zero attached hydrogens (tertiary/aromatic N) is 3. The Bertz CT molecular complexity index is 743. The number of para-hydroxylation sites is 1. The molecule has 0 aliphatic rings. The molecular formula is C18H20N4. The first-order valence-corrected chi connectivity index (χ1v) is 7.63. The van der Waals surface area contributed by atoms with E-state index < -0.39 is 0 Å². The first-order chi connectivity index (χ1) is 10.8. The third-order valence-electron chi connectivity index (χ3n) is 3.80. The van der Waals surface area contributed by atoms with Gasteiger partial charge in [-0.25, -0.2) is 9.97 Å². The molecule has 3 aromatic rings. The molecule has 0 aliphatic heterocycles. The van der Waals surface area contributed by atoms with Crippen molar-refractivity contribution in [2.45, 2.75) is 13.8 Å². The second kappa shape index (κ2) is 6.43.